The van der Waals surface area contributed by atoms with Crippen molar-refractivity contribution in [1.82, 2.24) is 4.98 Å². The van der Waals surface area contributed by atoms with Gasteiger partial charge in [0.05, 0.1) is 18.1 Å². The Morgan fingerprint density at radius 2 is 2.09 bits per heavy atom. The number of hydrogen-bond acceptors (Lipinski definition) is 7. The molecule has 0 saturated heterocycles. The smallest absolute Gasteiger partial charge is 0.291 e. The second-order valence-corrected chi connectivity index (χ2v) is 6.31. The van der Waals surface area contributed by atoms with Crippen molar-refractivity contribution in [2.45, 2.75) is 4.90 Å². The first kappa shape index (κ1) is 16.8. The van der Waals surface area contributed by atoms with Gasteiger partial charge in [-0.1, -0.05) is 11.6 Å². The normalized spacial score (nSPS) is 11.0. The van der Waals surface area contributed by atoms with Crippen molar-refractivity contribution in [3.8, 4) is 11.5 Å². The van der Waals surface area contributed by atoms with Crippen LogP contribution in [-0.4, -0.2) is 30.5 Å². The molecule has 0 unspecified atom stereocenters. The highest BCUT2D eigenvalue weighted by atomic mass is 35.5. The van der Waals surface area contributed by atoms with Crippen molar-refractivity contribution in [2.75, 3.05) is 11.8 Å². The predicted octanol–water partition coefficient (Wildman–Crippen LogP) is 2.16. The van der Waals surface area contributed by atoms with Crippen LogP contribution in [0.4, 0.5) is 11.5 Å². The molecule has 0 aliphatic rings. The van der Waals surface area contributed by atoms with Gasteiger partial charge in [-0.25, -0.2) is 13.4 Å². The molecule has 0 aliphatic heterocycles. The highest BCUT2D eigenvalue weighted by molar-refractivity contribution is 7.92. The van der Waals surface area contributed by atoms with Crippen molar-refractivity contribution in [3.63, 3.8) is 0 Å². The van der Waals surface area contributed by atoms with Crippen LogP contribution in [0.2, 0.25) is 5.02 Å². The van der Waals surface area contributed by atoms with Gasteiger partial charge in [0.2, 0.25) is 0 Å². The Kier molecular flexibility index (Phi) is 4.57. The molecule has 1 aromatic carbocycles. The second kappa shape index (κ2) is 6.26. The number of anilines is 1. The fourth-order valence-corrected chi connectivity index (χ4v) is 3.12. The standard InChI is InChI=1S/C12H10ClN3O6S/c1-22-10-3-2-7(13)4-11(10)23(20,21)15-12-9(17)5-8(6-14-12)16(18)19/h2-6,17H,1H3,(H,14,15). The Hall–Kier alpha value is -2.59. The summed E-state index contributed by atoms with van der Waals surface area (Å²) in [5.41, 5.74) is -0.481. The third-order valence-electron chi connectivity index (χ3n) is 2.71. The number of benzene rings is 1. The number of rotatable bonds is 5. The summed E-state index contributed by atoms with van der Waals surface area (Å²) in [7, 11) is -2.90. The van der Waals surface area contributed by atoms with Crippen LogP contribution in [0.25, 0.3) is 0 Å². The molecule has 9 nitrogen and oxygen atoms in total. The van der Waals surface area contributed by atoms with Crippen LogP contribution in [0.15, 0.2) is 35.4 Å². The average molecular weight is 360 g/mol. The molecule has 122 valence electrons. The molecule has 11 heteroatoms. The van der Waals surface area contributed by atoms with Crippen LogP contribution in [-0.2, 0) is 10.0 Å². The number of pyridine rings is 1. The van der Waals surface area contributed by atoms with Crippen LogP contribution < -0.4 is 9.46 Å². The fourth-order valence-electron chi connectivity index (χ4n) is 1.66. The number of hydrogen-bond donors (Lipinski definition) is 2. The topological polar surface area (TPSA) is 132 Å². The Balaban J connectivity index is 2.43. The molecule has 0 spiro atoms. The van der Waals surface area contributed by atoms with Crippen molar-refractivity contribution >= 4 is 33.1 Å². The van der Waals surface area contributed by atoms with E-state index in [4.69, 9.17) is 16.3 Å². The Morgan fingerprint density at radius 1 is 1.39 bits per heavy atom. The maximum Gasteiger partial charge on any atom is 0.291 e. The Morgan fingerprint density at radius 3 is 2.65 bits per heavy atom. The number of nitrogens with zero attached hydrogens (tertiary/aromatic N) is 2. The number of ether oxygens (including phenoxy) is 1. The summed E-state index contributed by atoms with van der Waals surface area (Å²) in [4.78, 5) is 13.1. The highest BCUT2D eigenvalue weighted by Crippen LogP contribution is 2.31. The molecule has 1 aromatic heterocycles. The number of sulfonamides is 1. The van der Waals surface area contributed by atoms with E-state index >= 15 is 0 Å². The van der Waals surface area contributed by atoms with Crippen molar-refractivity contribution < 1.29 is 23.2 Å². The molecule has 0 aliphatic carbocycles. The quantitative estimate of drug-likeness (QED) is 0.617. The monoisotopic (exact) mass is 359 g/mol. The lowest BCUT2D eigenvalue weighted by molar-refractivity contribution is -0.385. The third-order valence-corrected chi connectivity index (χ3v) is 4.31. The lowest BCUT2D eigenvalue weighted by Gasteiger charge is -2.12. The molecular weight excluding hydrogens is 350 g/mol. The molecule has 2 aromatic rings. The minimum atomic E-state index is -4.19. The molecule has 2 N–H and O–H groups in total. The summed E-state index contributed by atoms with van der Waals surface area (Å²) in [5, 5.41) is 20.4. The molecule has 1 heterocycles. The lowest BCUT2D eigenvalue weighted by Crippen LogP contribution is -2.15. The van der Waals surface area contributed by atoms with Crippen LogP contribution >= 0.6 is 11.6 Å². The Labute approximate surface area is 135 Å². The van der Waals surface area contributed by atoms with Gasteiger partial charge in [0.1, 0.15) is 16.8 Å². The molecule has 0 amide bonds. The van der Waals surface area contributed by atoms with Gasteiger partial charge in [0.15, 0.2) is 11.6 Å². The van der Waals surface area contributed by atoms with Crippen LogP contribution in [0.1, 0.15) is 0 Å². The Bertz CT molecular complexity index is 871. The fraction of sp³-hybridized carbons (Fsp3) is 0.0833. The van der Waals surface area contributed by atoms with Crippen molar-refractivity contribution in [2.24, 2.45) is 0 Å². The van der Waals surface area contributed by atoms with E-state index in [1.165, 1.54) is 19.2 Å². The maximum absolute atomic E-state index is 12.4. The first-order chi connectivity index (χ1) is 10.7. The van der Waals surface area contributed by atoms with Gasteiger partial charge in [-0.3, -0.25) is 14.8 Å². The number of nitrogens with one attached hydrogen (secondary N) is 1. The van der Waals surface area contributed by atoms with Crippen LogP contribution in [0, 0.1) is 10.1 Å². The minimum Gasteiger partial charge on any atom is -0.504 e. The molecule has 0 bridgehead atoms. The van der Waals surface area contributed by atoms with E-state index in [0.717, 1.165) is 18.3 Å². The van der Waals surface area contributed by atoms with E-state index in [9.17, 15) is 23.6 Å². The minimum absolute atomic E-state index is 0.0308. The van der Waals surface area contributed by atoms with Gasteiger partial charge in [0.25, 0.3) is 15.7 Å². The van der Waals surface area contributed by atoms with E-state index in [0.29, 0.717) is 0 Å². The summed E-state index contributed by atoms with van der Waals surface area (Å²) < 4.78 is 31.7. The average Bonchev–Trinajstić information content (AvgIpc) is 2.49. The van der Waals surface area contributed by atoms with Crippen molar-refractivity contribution in [1.29, 1.82) is 0 Å². The van der Waals surface area contributed by atoms with Gasteiger partial charge >= 0.3 is 0 Å². The zero-order valence-corrected chi connectivity index (χ0v) is 13.1. The van der Waals surface area contributed by atoms with Gasteiger partial charge in [-0.15, -0.1) is 0 Å². The van der Waals surface area contributed by atoms with Gasteiger partial charge < -0.3 is 9.84 Å². The van der Waals surface area contributed by atoms with Gasteiger partial charge in [-0.05, 0) is 18.2 Å². The number of aromatic hydroxyl groups is 1. The number of halogens is 1. The van der Waals surface area contributed by atoms with Crippen LogP contribution in [0.3, 0.4) is 0 Å². The van der Waals surface area contributed by atoms with Crippen LogP contribution in [0.5, 0.6) is 11.5 Å². The largest absolute Gasteiger partial charge is 0.504 e. The van der Waals surface area contributed by atoms with Gasteiger partial charge in [-0.2, -0.15) is 0 Å². The zero-order valence-electron chi connectivity index (χ0n) is 11.6. The molecule has 2 rings (SSSR count). The number of methoxy groups -OCH3 is 1. The summed E-state index contributed by atoms with van der Waals surface area (Å²) >= 11 is 5.78. The summed E-state index contributed by atoms with van der Waals surface area (Å²) in [6, 6.07) is 4.74. The number of nitro groups is 1. The molecule has 0 atom stereocenters. The van der Waals surface area contributed by atoms with E-state index in [-0.39, 0.29) is 15.7 Å². The maximum atomic E-state index is 12.4. The molecule has 23 heavy (non-hydrogen) atoms. The van der Waals surface area contributed by atoms with E-state index in [1.54, 1.807) is 0 Å². The van der Waals surface area contributed by atoms with E-state index in [1.807, 2.05) is 4.72 Å². The third kappa shape index (κ3) is 3.60. The zero-order chi connectivity index (χ0) is 17.2. The highest BCUT2D eigenvalue weighted by Gasteiger charge is 2.23. The molecule has 0 radical (unpaired) electrons. The molecule has 0 saturated carbocycles. The first-order valence-corrected chi connectivity index (χ1v) is 7.80. The lowest BCUT2D eigenvalue weighted by atomic mass is 10.3. The summed E-state index contributed by atoms with van der Waals surface area (Å²) in [5.74, 6) is -1.12. The first-order valence-electron chi connectivity index (χ1n) is 5.94. The SMILES string of the molecule is COc1ccc(Cl)cc1S(=O)(=O)Nc1ncc([N+](=O)[O-])cc1O. The van der Waals surface area contributed by atoms with Gasteiger partial charge in [0, 0.05) is 5.02 Å². The molecular formula is C12H10ClN3O6S. The van der Waals surface area contributed by atoms with E-state index < -0.39 is 32.2 Å². The number of aromatic nitrogens is 1. The van der Waals surface area contributed by atoms with Crippen molar-refractivity contribution in [3.05, 3.63) is 45.6 Å². The molecule has 0 fully saturated rings. The second-order valence-electron chi connectivity index (χ2n) is 4.22. The predicted molar refractivity (Wildman–Crippen MR) is 81.4 cm³/mol. The summed E-state index contributed by atoms with van der Waals surface area (Å²) in [6.07, 6.45) is 0.812. The van der Waals surface area contributed by atoms with E-state index in [2.05, 4.69) is 4.98 Å². The summed E-state index contributed by atoms with van der Waals surface area (Å²) in [6.45, 7) is 0.